The highest BCUT2D eigenvalue weighted by molar-refractivity contribution is 5.87. The summed E-state index contributed by atoms with van der Waals surface area (Å²) in [6, 6.07) is 37.0. The Morgan fingerprint density at radius 1 is 0.606 bits per heavy atom. The van der Waals surface area contributed by atoms with Crippen molar-refractivity contribution < 1.29 is 0 Å². The standard InChI is InChI=1S/C29H22N4/c1-33(28-31-19-30-20-32-28)23-16-17-25-24-14-8-9-15-26(24)29(27(25)18-23,21-10-4-2-5-11-21)22-12-6-3-7-13-22/h2-20H,1H3. The van der Waals surface area contributed by atoms with E-state index in [2.05, 4.69) is 118 Å². The van der Waals surface area contributed by atoms with Crippen LogP contribution in [0.25, 0.3) is 11.1 Å². The average Bonchev–Trinajstić information content (AvgIpc) is 3.20. The minimum Gasteiger partial charge on any atom is -0.314 e. The number of benzene rings is 4. The molecule has 0 radical (unpaired) electrons. The minimum atomic E-state index is -0.412. The number of fused-ring (bicyclic) bond motifs is 3. The molecule has 1 aliphatic rings. The van der Waals surface area contributed by atoms with Crippen LogP contribution in [0.1, 0.15) is 22.3 Å². The highest BCUT2D eigenvalue weighted by Gasteiger charge is 2.46. The Kier molecular flexibility index (Phi) is 4.51. The number of nitrogens with zero attached hydrogens (tertiary/aromatic N) is 4. The molecule has 33 heavy (non-hydrogen) atoms. The van der Waals surface area contributed by atoms with Gasteiger partial charge in [-0.05, 0) is 45.5 Å². The highest BCUT2D eigenvalue weighted by atomic mass is 15.2. The molecule has 4 nitrogen and oxygen atoms in total. The Morgan fingerprint density at radius 2 is 1.18 bits per heavy atom. The van der Waals surface area contributed by atoms with Gasteiger partial charge < -0.3 is 4.90 Å². The quantitative estimate of drug-likeness (QED) is 0.347. The van der Waals surface area contributed by atoms with Crippen molar-refractivity contribution in [3.63, 3.8) is 0 Å². The second-order valence-electron chi connectivity index (χ2n) is 8.25. The van der Waals surface area contributed by atoms with Gasteiger partial charge >= 0.3 is 0 Å². The van der Waals surface area contributed by atoms with Crippen LogP contribution >= 0.6 is 0 Å². The molecule has 6 rings (SSSR count). The van der Waals surface area contributed by atoms with E-state index < -0.39 is 5.41 Å². The molecule has 0 amide bonds. The first-order chi connectivity index (χ1) is 16.3. The van der Waals surface area contributed by atoms with Crippen molar-refractivity contribution in [2.24, 2.45) is 0 Å². The van der Waals surface area contributed by atoms with Crippen LogP contribution < -0.4 is 4.90 Å². The molecule has 0 bridgehead atoms. The molecule has 1 aliphatic carbocycles. The maximum Gasteiger partial charge on any atom is 0.232 e. The molecule has 4 aromatic carbocycles. The molecule has 0 N–H and O–H groups in total. The third kappa shape index (κ3) is 2.88. The Morgan fingerprint density at radius 3 is 1.85 bits per heavy atom. The Balaban J connectivity index is 1.67. The van der Waals surface area contributed by atoms with E-state index in [1.165, 1.54) is 46.0 Å². The normalized spacial score (nSPS) is 13.2. The number of hydrogen-bond donors (Lipinski definition) is 0. The van der Waals surface area contributed by atoms with Gasteiger partial charge in [0.1, 0.15) is 12.7 Å². The summed E-state index contributed by atoms with van der Waals surface area (Å²) >= 11 is 0. The van der Waals surface area contributed by atoms with Crippen molar-refractivity contribution in [1.29, 1.82) is 0 Å². The van der Waals surface area contributed by atoms with Gasteiger partial charge in [0, 0.05) is 12.7 Å². The summed E-state index contributed by atoms with van der Waals surface area (Å²) in [6.07, 6.45) is 3.06. The van der Waals surface area contributed by atoms with Gasteiger partial charge in [0.25, 0.3) is 0 Å². The summed E-state index contributed by atoms with van der Waals surface area (Å²) in [7, 11) is 1.99. The largest absolute Gasteiger partial charge is 0.314 e. The van der Waals surface area contributed by atoms with E-state index in [0.29, 0.717) is 5.95 Å². The molecule has 0 fully saturated rings. The van der Waals surface area contributed by atoms with Crippen molar-refractivity contribution in [3.05, 3.63) is 138 Å². The second kappa shape index (κ2) is 7.68. The lowest BCUT2D eigenvalue weighted by atomic mass is 9.67. The van der Waals surface area contributed by atoms with E-state index in [9.17, 15) is 0 Å². The molecule has 0 saturated carbocycles. The van der Waals surface area contributed by atoms with Gasteiger partial charge in [-0.25, -0.2) is 15.0 Å². The molecule has 1 heterocycles. The zero-order valence-electron chi connectivity index (χ0n) is 18.3. The summed E-state index contributed by atoms with van der Waals surface area (Å²) in [6.45, 7) is 0. The molecular weight excluding hydrogens is 404 g/mol. The zero-order valence-corrected chi connectivity index (χ0v) is 18.3. The van der Waals surface area contributed by atoms with Gasteiger partial charge in [0.2, 0.25) is 5.95 Å². The molecule has 0 aliphatic heterocycles. The fourth-order valence-electron chi connectivity index (χ4n) is 5.16. The lowest BCUT2D eigenvalue weighted by Gasteiger charge is -2.34. The summed E-state index contributed by atoms with van der Waals surface area (Å²) in [5.74, 6) is 0.616. The molecule has 0 unspecified atom stereocenters. The van der Waals surface area contributed by atoms with E-state index in [1.54, 1.807) is 0 Å². The van der Waals surface area contributed by atoms with Crippen molar-refractivity contribution in [1.82, 2.24) is 15.0 Å². The monoisotopic (exact) mass is 426 g/mol. The second-order valence-corrected chi connectivity index (χ2v) is 8.25. The SMILES string of the molecule is CN(c1ccc2c(c1)C(c1ccccc1)(c1ccccc1)c1ccccc1-2)c1ncncn1. The first kappa shape index (κ1) is 19.4. The van der Waals surface area contributed by atoms with Gasteiger partial charge in [-0.15, -0.1) is 0 Å². The number of hydrogen-bond acceptors (Lipinski definition) is 4. The molecule has 1 aromatic heterocycles. The van der Waals surface area contributed by atoms with E-state index in [4.69, 9.17) is 0 Å². The molecular formula is C29H22N4. The van der Waals surface area contributed by atoms with Crippen LogP contribution in [0.5, 0.6) is 0 Å². The van der Waals surface area contributed by atoms with Gasteiger partial charge in [0.05, 0.1) is 5.41 Å². The first-order valence-corrected chi connectivity index (χ1v) is 11.0. The summed E-state index contributed by atoms with van der Waals surface area (Å²) < 4.78 is 0. The van der Waals surface area contributed by atoms with Crippen LogP contribution in [0.15, 0.2) is 116 Å². The van der Waals surface area contributed by atoms with Crippen molar-refractivity contribution in [2.45, 2.75) is 5.41 Å². The molecule has 0 saturated heterocycles. The maximum absolute atomic E-state index is 4.34. The lowest BCUT2D eigenvalue weighted by molar-refractivity contribution is 0.768. The average molecular weight is 427 g/mol. The number of aromatic nitrogens is 3. The van der Waals surface area contributed by atoms with Gasteiger partial charge in [-0.2, -0.15) is 0 Å². The van der Waals surface area contributed by atoms with Gasteiger partial charge in [-0.1, -0.05) is 91.0 Å². The topological polar surface area (TPSA) is 41.9 Å². The van der Waals surface area contributed by atoms with E-state index >= 15 is 0 Å². The zero-order chi connectivity index (χ0) is 22.3. The van der Waals surface area contributed by atoms with Crippen molar-refractivity contribution in [2.75, 3.05) is 11.9 Å². The molecule has 5 aromatic rings. The summed E-state index contributed by atoms with van der Waals surface area (Å²) in [5, 5.41) is 0. The predicted octanol–water partition coefficient (Wildman–Crippen LogP) is 6.00. The van der Waals surface area contributed by atoms with Crippen LogP contribution in [-0.4, -0.2) is 22.0 Å². The van der Waals surface area contributed by atoms with Crippen LogP contribution in [0, 0.1) is 0 Å². The van der Waals surface area contributed by atoms with E-state index in [-0.39, 0.29) is 0 Å². The van der Waals surface area contributed by atoms with Gasteiger partial charge in [-0.3, -0.25) is 0 Å². The number of rotatable bonds is 4. The van der Waals surface area contributed by atoms with Crippen molar-refractivity contribution in [3.8, 4) is 11.1 Å². The highest BCUT2D eigenvalue weighted by Crippen LogP contribution is 2.56. The Labute approximate surface area is 193 Å². The summed E-state index contributed by atoms with van der Waals surface area (Å²) in [4.78, 5) is 14.7. The van der Waals surface area contributed by atoms with E-state index in [1.807, 2.05) is 11.9 Å². The molecule has 4 heteroatoms. The summed E-state index contributed by atoms with van der Waals surface area (Å²) in [5.41, 5.74) is 8.22. The van der Waals surface area contributed by atoms with Crippen LogP contribution in [0.2, 0.25) is 0 Å². The minimum absolute atomic E-state index is 0.412. The molecule has 0 atom stereocenters. The first-order valence-electron chi connectivity index (χ1n) is 11.0. The predicted molar refractivity (Wildman–Crippen MR) is 132 cm³/mol. The maximum atomic E-state index is 4.34. The lowest BCUT2D eigenvalue weighted by Crippen LogP contribution is -2.28. The third-order valence-corrected chi connectivity index (χ3v) is 6.61. The van der Waals surface area contributed by atoms with Crippen molar-refractivity contribution >= 4 is 11.6 Å². The molecule has 0 spiro atoms. The Bertz CT molecular complexity index is 1380. The van der Waals surface area contributed by atoms with Crippen LogP contribution in [0.3, 0.4) is 0 Å². The molecule has 158 valence electrons. The van der Waals surface area contributed by atoms with Gasteiger partial charge in [0.15, 0.2) is 0 Å². The third-order valence-electron chi connectivity index (χ3n) is 6.61. The van der Waals surface area contributed by atoms with Crippen LogP contribution in [-0.2, 0) is 5.41 Å². The van der Waals surface area contributed by atoms with E-state index in [0.717, 1.165) is 5.69 Å². The van der Waals surface area contributed by atoms with Crippen LogP contribution in [0.4, 0.5) is 11.6 Å². The fourth-order valence-corrected chi connectivity index (χ4v) is 5.16. The number of anilines is 2. The smallest absolute Gasteiger partial charge is 0.232 e. The fraction of sp³-hybridized carbons (Fsp3) is 0.0690. The Hall–Kier alpha value is -4.31.